The Morgan fingerprint density at radius 3 is 2.68 bits per heavy atom. The summed E-state index contributed by atoms with van der Waals surface area (Å²) in [5.41, 5.74) is 4.51. The van der Waals surface area contributed by atoms with Gasteiger partial charge in [0.1, 0.15) is 17.7 Å². The molecule has 6 nitrogen and oxygen atoms in total. The fourth-order valence-corrected chi connectivity index (χ4v) is 3.13. The number of rotatable bonds is 7. The zero-order chi connectivity index (χ0) is 19.9. The highest BCUT2D eigenvalue weighted by molar-refractivity contribution is 5.57. The van der Waals surface area contributed by atoms with E-state index in [9.17, 15) is 5.26 Å². The van der Waals surface area contributed by atoms with E-state index < -0.39 is 0 Å². The maximum Gasteiger partial charge on any atom is 0.144 e. The molecule has 0 unspecified atom stereocenters. The Morgan fingerprint density at radius 1 is 1.11 bits per heavy atom. The monoisotopic (exact) mass is 372 g/mol. The quantitative estimate of drug-likeness (QED) is 0.682. The zero-order valence-corrected chi connectivity index (χ0v) is 16.5. The minimum Gasteiger partial charge on any atom is -0.365 e. The first kappa shape index (κ1) is 19.3. The van der Waals surface area contributed by atoms with Crippen molar-refractivity contribution < 1.29 is 0 Å². The number of aromatic nitrogens is 3. The summed E-state index contributed by atoms with van der Waals surface area (Å²) in [5, 5.41) is 12.8. The predicted molar refractivity (Wildman–Crippen MR) is 111 cm³/mol. The Labute approximate surface area is 165 Å². The summed E-state index contributed by atoms with van der Waals surface area (Å²) < 4.78 is 0. The fourth-order valence-electron chi connectivity index (χ4n) is 3.13. The minimum absolute atomic E-state index is 0.543. The van der Waals surface area contributed by atoms with Gasteiger partial charge in [-0.2, -0.15) is 5.26 Å². The highest BCUT2D eigenvalue weighted by Gasteiger charge is 2.12. The van der Waals surface area contributed by atoms with Crippen molar-refractivity contribution in [3.05, 3.63) is 76.9 Å². The topological polar surface area (TPSA) is 77.7 Å². The van der Waals surface area contributed by atoms with Crippen molar-refractivity contribution >= 4 is 11.6 Å². The summed E-state index contributed by atoms with van der Waals surface area (Å²) in [4.78, 5) is 15.6. The van der Waals surface area contributed by atoms with Crippen molar-refractivity contribution in [2.75, 3.05) is 23.8 Å². The third-order valence-electron chi connectivity index (χ3n) is 4.56. The van der Waals surface area contributed by atoms with Crippen molar-refractivity contribution in [2.45, 2.75) is 26.8 Å². The molecule has 0 aliphatic rings. The Bertz CT molecular complexity index is 978. The van der Waals surface area contributed by atoms with Crippen LogP contribution in [0.25, 0.3) is 0 Å². The minimum atomic E-state index is 0.543. The molecule has 0 atom stereocenters. The lowest BCUT2D eigenvalue weighted by Gasteiger charge is -2.21. The predicted octanol–water partition coefficient (Wildman–Crippen LogP) is 3.65. The molecule has 3 heterocycles. The summed E-state index contributed by atoms with van der Waals surface area (Å²) >= 11 is 0. The van der Waals surface area contributed by atoms with Gasteiger partial charge in [0.05, 0.1) is 5.56 Å². The molecule has 0 fully saturated rings. The van der Waals surface area contributed by atoms with Gasteiger partial charge in [-0.3, -0.25) is 4.98 Å². The van der Waals surface area contributed by atoms with Gasteiger partial charge >= 0.3 is 0 Å². The lowest BCUT2D eigenvalue weighted by atomic mass is 10.1. The lowest BCUT2D eigenvalue weighted by Crippen LogP contribution is -2.23. The molecule has 0 aliphatic carbocycles. The van der Waals surface area contributed by atoms with Gasteiger partial charge in [-0.15, -0.1) is 0 Å². The molecule has 142 valence electrons. The van der Waals surface area contributed by atoms with Crippen LogP contribution in [0.4, 0.5) is 11.6 Å². The summed E-state index contributed by atoms with van der Waals surface area (Å²) in [6.07, 6.45) is 4.46. The van der Waals surface area contributed by atoms with E-state index in [-0.39, 0.29) is 0 Å². The van der Waals surface area contributed by atoms with Gasteiger partial charge in [-0.05, 0) is 43.7 Å². The van der Waals surface area contributed by atoms with E-state index in [1.165, 1.54) is 0 Å². The van der Waals surface area contributed by atoms with Gasteiger partial charge in [-0.25, -0.2) is 9.97 Å². The van der Waals surface area contributed by atoms with Gasteiger partial charge in [0.25, 0.3) is 0 Å². The smallest absolute Gasteiger partial charge is 0.144 e. The second-order valence-corrected chi connectivity index (χ2v) is 6.75. The Balaban J connectivity index is 1.73. The fraction of sp³-hybridized carbons (Fsp3) is 0.273. The first-order valence-corrected chi connectivity index (χ1v) is 9.25. The molecule has 0 radical (unpaired) electrons. The van der Waals surface area contributed by atoms with Crippen LogP contribution in [-0.2, 0) is 13.0 Å². The van der Waals surface area contributed by atoms with E-state index in [1.807, 2.05) is 63.5 Å². The van der Waals surface area contributed by atoms with Crippen LogP contribution >= 0.6 is 0 Å². The Morgan fingerprint density at radius 2 is 1.93 bits per heavy atom. The number of nitrogens with zero attached hydrogens (tertiary/aromatic N) is 5. The second kappa shape index (κ2) is 8.96. The number of nitrogens with one attached hydrogen (secondary N) is 1. The molecular formula is C22H24N6. The number of pyridine rings is 3. The highest BCUT2D eigenvalue weighted by Crippen LogP contribution is 2.21. The van der Waals surface area contributed by atoms with Crippen LogP contribution in [0, 0.1) is 25.2 Å². The van der Waals surface area contributed by atoms with Gasteiger partial charge in [0.15, 0.2) is 0 Å². The third kappa shape index (κ3) is 4.63. The van der Waals surface area contributed by atoms with Crippen molar-refractivity contribution in [1.82, 2.24) is 15.0 Å². The van der Waals surface area contributed by atoms with E-state index >= 15 is 0 Å². The number of anilines is 2. The van der Waals surface area contributed by atoms with Crippen LogP contribution in [0.3, 0.4) is 0 Å². The highest BCUT2D eigenvalue weighted by atomic mass is 15.2. The Kier molecular flexibility index (Phi) is 6.18. The molecule has 0 bridgehead atoms. The summed E-state index contributed by atoms with van der Waals surface area (Å²) in [5.74, 6) is 1.53. The molecule has 28 heavy (non-hydrogen) atoms. The molecule has 0 saturated heterocycles. The van der Waals surface area contributed by atoms with Crippen molar-refractivity contribution in [1.29, 1.82) is 5.26 Å². The van der Waals surface area contributed by atoms with Gasteiger partial charge in [0.2, 0.25) is 0 Å². The number of hydrogen-bond acceptors (Lipinski definition) is 6. The van der Waals surface area contributed by atoms with Crippen LogP contribution in [-0.4, -0.2) is 28.5 Å². The molecule has 6 heteroatoms. The average molecular weight is 372 g/mol. The lowest BCUT2D eigenvalue weighted by molar-refractivity contribution is 0.830. The van der Waals surface area contributed by atoms with E-state index in [2.05, 4.69) is 31.2 Å². The van der Waals surface area contributed by atoms with Crippen LogP contribution in [0.5, 0.6) is 0 Å². The largest absolute Gasteiger partial charge is 0.365 e. The molecule has 0 aliphatic heterocycles. The number of likely N-dealkylation sites (N-methyl/N-ethyl adjacent to an activating group) is 1. The summed E-state index contributed by atoms with van der Waals surface area (Å²) in [7, 11) is 2.03. The normalized spacial score (nSPS) is 10.4. The van der Waals surface area contributed by atoms with Gasteiger partial charge in [0, 0.05) is 55.9 Å². The van der Waals surface area contributed by atoms with Crippen molar-refractivity contribution in [2.24, 2.45) is 0 Å². The standard InChI is InChI=1S/C22H24N6/c1-16-13-17(2)27-21(20(16)14-23)26-15-18-7-6-11-25-22(18)28(3)12-9-19-8-4-5-10-24-19/h4-8,10-11,13H,9,12,15H2,1-3H3,(H,26,27). The van der Waals surface area contributed by atoms with Crippen molar-refractivity contribution in [3.8, 4) is 6.07 Å². The molecule has 0 spiro atoms. The molecule has 1 N–H and O–H groups in total. The molecule has 0 amide bonds. The molecule has 3 aromatic heterocycles. The molecule has 0 saturated carbocycles. The maximum atomic E-state index is 9.45. The zero-order valence-electron chi connectivity index (χ0n) is 16.5. The first-order chi connectivity index (χ1) is 13.6. The number of hydrogen-bond donors (Lipinski definition) is 1. The number of aryl methyl sites for hydroxylation is 2. The van der Waals surface area contributed by atoms with E-state index in [4.69, 9.17) is 0 Å². The van der Waals surface area contributed by atoms with Crippen molar-refractivity contribution in [3.63, 3.8) is 0 Å². The van der Waals surface area contributed by atoms with E-state index in [0.717, 1.165) is 41.3 Å². The molecule has 3 rings (SSSR count). The molecular weight excluding hydrogens is 348 g/mol. The number of nitriles is 1. The SMILES string of the molecule is Cc1cc(C)c(C#N)c(NCc2cccnc2N(C)CCc2ccccn2)n1. The summed E-state index contributed by atoms with van der Waals surface area (Å²) in [6.45, 7) is 5.22. The third-order valence-corrected chi connectivity index (χ3v) is 4.56. The second-order valence-electron chi connectivity index (χ2n) is 6.75. The summed E-state index contributed by atoms with van der Waals surface area (Å²) in [6, 6.07) is 14.1. The van der Waals surface area contributed by atoms with Crippen LogP contribution in [0.2, 0.25) is 0 Å². The first-order valence-electron chi connectivity index (χ1n) is 9.25. The van der Waals surface area contributed by atoms with E-state index in [1.54, 1.807) is 6.20 Å². The van der Waals surface area contributed by atoms with Crippen LogP contribution in [0.1, 0.15) is 28.1 Å². The average Bonchev–Trinajstić information content (AvgIpc) is 2.71. The molecule has 3 aromatic rings. The van der Waals surface area contributed by atoms with Crippen LogP contribution < -0.4 is 10.2 Å². The maximum absolute atomic E-state index is 9.45. The molecule has 0 aromatic carbocycles. The Hall–Kier alpha value is -3.46. The van der Waals surface area contributed by atoms with E-state index in [0.29, 0.717) is 17.9 Å². The van der Waals surface area contributed by atoms with Gasteiger partial charge < -0.3 is 10.2 Å². The van der Waals surface area contributed by atoms with Crippen LogP contribution in [0.15, 0.2) is 48.8 Å². The van der Waals surface area contributed by atoms with Gasteiger partial charge in [-0.1, -0.05) is 12.1 Å².